The zero-order valence-electron chi connectivity index (χ0n) is 14.7. The van der Waals surface area contributed by atoms with E-state index in [2.05, 4.69) is 6.92 Å². The molecule has 0 aromatic heterocycles. The highest BCUT2D eigenvalue weighted by atomic mass is 16.5. The van der Waals surface area contributed by atoms with Crippen LogP contribution in [0.1, 0.15) is 58.3 Å². The van der Waals surface area contributed by atoms with Crippen molar-refractivity contribution >= 4 is 23.5 Å². The molecule has 2 amide bonds. The monoisotopic (exact) mass is 343 g/mol. The average Bonchev–Trinajstić information content (AvgIpc) is 2.88. The molecule has 5 nitrogen and oxygen atoms in total. The normalized spacial score (nSPS) is 22.8. The van der Waals surface area contributed by atoms with Gasteiger partial charge in [-0.25, -0.2) is 0 Å². The fourth-order valence-corrected chi connectivity index (χ4v) is 3.78. The second-order valence-corrected chi connectivity index (χ2v) is 6.93. The number of amides is 2. The first-order valence-corrected chi connectivity index (χ1v) is 9.30. The molecule has 0 spiro atoms. The molecule has 134 valence electrons. The van der Waals surface area contributed by atoms with Crippen molar-refractivity contribution in [3.63, 3.8) is 0 Å². The van der Waals surface area contributed by atoms with Crippen LogP contribution in [0, 0.1) is 11.8 Å². The summed E-state index contributed by atoms with van der Waals surface area (Å²) < 4.78 is 5.30. The highest BCUT2D eigenvalue weighted by molar-refractivity contribution is 6.22. The molecular formula is C20H25NO4. The Morgan fingerprint density at radius 3 is 2.20 bits per heavy atom. The minimum absolute atomic E-state index is 0.0842. The van der Waals surface area contributed by atoms with Gasteiger partial charge in [-0.15, -0.1) is 0 Å². The lowest BCUT2D eigenvalue weighted by atomic mass is 9.81. The fraction of sp³-hybridized carbons (Fsp3) is 0.550. The molecule has 25 heavy (non-hydrogen) atoms. The third-order valence-corrected chi connectivity index (χ3v) is 5.15. The summed E-state index contributed by atoms with van der Waals surface area (Å²) in [5, 5.41) is 0. The number of carbonyl (C=O) groups is 3. The predicted octanol–water partition coefficient (Wildman–Crippen LogP) is 3.85. The number of hydrogen-bond acceptors (Lipinski definition) is 4. The van der Waals surface area contributed by atoms with Crippen LogP contribution in [0.5, 0.6) is 5.75 Å². The van der Waals surface area contributed by atoms with Crippen LogP contribution < -0.4 is 9.64 Å². The zero-order chi connectivity index (χ0) is 17.8. The summed E-state index contributed by atoms with van der Waals surface area (Å²) in [7, 11) is 0. The van der Waals surface area contributed by atoms with Crippen LogP contribution in [0.25, 0.3) is 0 Å². The smallest absolute Gasteiger partial charge is 0.311 e. The van der Waals surface area contributed by atoms with Crippen molar-refractivity contribution in [2.45, 2.75) is 58.3 Å². The van der Waals surface area contributed by atoms with Gasteiger partial charge in [-0.3, -0.25) is 19.3 Å². The van der Waals surface area contributed by atoms with Gasteiger partial charge in [-0.1, -0.05) is 32.6 Å². The number of esters is 1. The van der Waals surface area contributed by atoms with Gasteiger partial charge in [-0.05, 0) is 43.5 Å². The second kappa shape index (κ2) is 7.81. The Kier molecular flexibility index (Phi) is 5.51. The van der Waals surface area contributed by atoms with E-state index in [1.54, 1.807) is 24.3 Å². The van der Waals surface area contributed by atoms with Crippen molar-refractivity contribution in [1.82, 2.24) is 0 Å². The van der Waals surface area contributed by atoms with Gasteiger partial charge in [0.15, 0.2) is 0 Å². The summed E-state index contributed by atoms with van der Waals surface area (Å²) >= 11 is 0. The first kappa shape index (κ1) is 17.6. The Morgan fingerprint density at radius 1 is 1.04 bits per heavy atom. The number of hydrogen-bond donors (Lipinski definition) is 0. The topological polar surface area (TPSA) is 63.7 Å². The molecule has 0 N–H and O–H groups in total. The van der Waals surface area contributed by atoms with Gasteiger partial charge in [0.05, 0.1) is 17.5 Å². The van der Waals surface area contributed by atoms with Crippen molar-refractivity contribution < 1.29 is 19.1 Å². The van der Waals surface area contributed by atoms with Crippen molar-refractivity contribution in [3.05, 3.63) is 24.3 Å². The Hall–Kier alpha value is -2.17. The molecule has 2 fully saturated rings. The summed E-state index contributed by atoms with van der Waals surface area (Å²) in [5.41, 5.74) is 0.565. The zero-order valence-corrected chi connectivity index (χ0v) is 14.7. The molecule has 1 heterocycles. The molecule has 1 saturated heterocycles. The van der Waals surface area contributed by atoms with Crippen LogP contribution in [0.15, 0.2) is 24.3 Å². The first-order valence-electron chi connectivity index (χ1n) is 9.30. The number of carbonyl (C=O) groups excluding carboxylic acids is 3. The number of anilines is 1. The van der Waals surface area contributed by atoms with Crippen LogP contribution in [0.3, 0.4) is 0 Å². The van der Waals surface area contributed by atoms with E-state index in [1.165, 1.54) is 4.90 Å². The predicted molar refractivity (Wildman–Crippen MR) is 94.2 cm³/mol. The molecule has 1 aromatic rings. The van der Waals surface area contributed by atoms with E-state index in [9.17, 15) is 14.4 Å². The van der Waals surface area contributed by atoms with Crippen LogP contribution in [-0.2, 0) is 14.4 Å². The number of rotatable bonds is 6. The Labute approximate surface area is 148 Å². The average molecular weight is 343 g/mol. The van der Waals surface area contributed by atoms with Gasteiger partial charge < -0.3 is 4.74 Å². The largest absolute Gasteiger partial charge is 0.427 e. The summed E-state index contributed by atoms with van der Waals surface area (Å²) in [6.07, 6.45) is 6.94. The fourth-order valence-electron chi connectivity index (χ4n) is 3.78. The molecule has 0 bridgehead atoms. The Bertz CT molecular complexity index is 628. The second-order valence-electron chi connectivity index (χ2n) is 6.93. The van der Waals surface area contributed by atoms with Gasteiger partial charge in [-0.2, -0.15) is 0 Å². The lowest BCUT2D eigenvalue weighted by molar-refractivity contribution is -0.134. The Morgan fingerprint density at radius 2 is 1.64 bits per heavy atom. The molecule has 3 rings (SSSR count). The van der Waals surface area contributed by atoms with Crippen molar-refractivity contribution in [1.29, 1.82) is 0 Å². The first-order chi connectivity index (χ1) is 12.1. The van der Waals surface area contributed by atoms with E-state index in [4.69, 9.17) is 4.74 Å². The standard InChI is InChI=1S/C20H25NO4/c1-2-3-4-9-18(22)25-15-12-10-14(11-13-15)21-19(23)16-7-5-6-8-17(16)20(21)24/h10-13,16-17H,2-9H2,1H3/t16-,17-/m1/s1. The number of nitrogens with zero attached hydrogens (tertiary/aromatic N) is 1. The maximum absolute atomic E-state index is 12.6. The van der Waals surface area contributed by atoms with E-state index in [0.29, 0.717) is 17.9 Å². The number of unbranched alkanes of at least 4 members (excludes halogenated alkanes) is 2. The van der Waals surface area contributed by atoms with Crippen LogP contribution in [-0.4, -0.2) is 17.8 Å². The highest BCUT2D eigenvalue weighted by Gasteiger charge is 2.48. The van der Waals surface area contributed by atoms with Gasteiger partial charge in [0.1, 0.15) is 5.75 Å². The van der Waals surface area contributed by atoms with E-state index < -0.39 is 0 Å². The molecule has 0 radical (unpaired) electrons. The van der Waals surface area contributed by atoms with E-state index in [-0.39, 0.29) is 29.6 Å². The van der Waals surface area contributed by atoms with Gasteiger partial charge >= 0.3 is 5.97 Å². The molecule has 1 saturated carbocycles. The number of imide groups is 1. The van der Waals surface area contributed by atoms with Crippen molar-refractivity contribution in [3.8, 4) is 5.75 Å². The lowest BCUT2D eigenvalue weighted by Gasteiger charge is -2.19. The summed E-state index contributed by atoms with van der Waals surface area (Å²) in [5.74, 6) is -0.282. The molecule has 1 aliphatic carbocycles. The molecular weight excluding hydrogens is 318 g/mol. The summed E-state index contributed by atoms with van der Waals surface area (Å²) in [6.45, 7) is 2.08. The quantitative estimate of drug-likeness (QED) is 0.341. The van der Waals surface area contributed by atoms with Gasteiger partial charge in [0, 0.05) is 6.42 Å². The minimum Gasteiger partial charge on any atom is -0.427 e. The van der Waals surface area contributed by atoms with E-state index >= 15 is 0 Å². The van der Waals surface area contributed by atoms with Crippen molar-refractivity contribution in [2.75, 3.05) is 4.90 Å². The highest BCUT2D eigenvalue weighted by Crippen LogP contribution is 2.40. The summed E-state index contributed by atoms with van der Waals surface area (Å²) in [6, 6.07) is 6.66. The number of fused-ring (bicyclic) bond motifs is 1. The lowest BCUT2D eigenvalue weighted by Crippen LogP contribution is -2.30. The Balaban J connectivity index is 1.65. The van der Waals surface area contributed by atoms with Crippen molar-refractivity contribution in [2.24, 2.45) is 11.8 Å². The number of ether oxygens (including phenoxy) is 1. The van der Waals surface area contributed by atoms with Crippen LogP contribution in [0.2, 0.25) is 0 Å². The molecule has 2 aliphatic rings. The van der Waals surface area contributed by atoms with Gasteiger partial charge in [0.2, 0.25) is 11.8 Å². The molecule has 2 atom stereocenters. The molecule has 0 unspecified atom stereocenters. The SMILES string of the molecule is CCCCCC(=O)Oc1ccc(N2C(=O)[C@@H]3CCCC[C@H]3C2=O)cc1. The minimum atomic E-state index is -0.249. The molecule has 1 aliphatic heterocycles. The molecule has 1 aromatic carbocycles. The third kappa shape index (κ3) is 3.75. The summed E-state index contributed by atoms with van der Waals surface area (Å²) in [4.78, 5) is 38.2. The third-order valence-electron chi connectivity index (χ3n) is 5.15. The van der Waals surface area contributed by atoms with Crippen LogP contribution >= 0.6 is 0 Å². The van der Waals surface area contributed by atoms with E-state index in [1.807, 2.05) is 0 Å². The maximum Gasteiger partial charge on any atom is 0.311 e. The molecule has 5 heteroatoms. The maximum atomic E-state index is 12.6. The number of benzene rings is 1. The van der Waals surface area contributed by atoms with Gasteiger partial charge in [0.25, 0.3) is 0 Å². The van der Waals surface area contributed by atoms with E-state index in [0.717, 1.165) is 44.9 Å². The van der Waals surface area contributed by atoms with Crippen LogP contribution in [0.4, 0.5) is 5.69 Å².